The van der Waals surface area contributed by atoms with E-state index in [2.05, 4.69) is 16.0 Å². The second kappa shape index (κ2) is 7.29. The number of H-pyrrole nitrogens is 1. The number of aromatic carboxylic acids is 1. The number of carbonyl (C=O) groups is 1. The van der Waals surface area contributed by atoms with E-state index in [1.165, 1.54) is 34.7 Å². The number of furan rings is 1. The number of nitrogens with zero attached hydrogens (tertiary/aromatic N) is 1. The van der Waals surface area contributed by atoms with Gasteiger partial charge in [-0.25, -0.2) is 9.78 Å². The van der Waals surface area contributed by atoms with E-state index < -0.39 is 5.97 Å². The number of benzene rings is 1. The summed E-state index contributed by atoms with van der Waals surface area (Å²) in [5.74, 6) is -0.338. The summed E-state index contributed by atoms with van der Waals surface area (Å²) in [6, 6.07) is 9.18. The van der Waals surface area contributed by atoms with Crippen LogP contribution < -0.4 is 5.56 Å². The fourth-order valence-electron chi connectivity index (χ4n) is 3.02. The van der Waals surface area contributed by atoms with E-state index in [0.717, 1.165) is 16.7 Å². The Kier molecular flexibility index (Phi) is 4.82. The van der Waals surface area contributed by atoms with Crippen molar-refractivity contribution in [2.24, 2.45) is 0 Å². The van der Waals surface area contributed by atoms with Gasteiger partial charge < -0.3 is 14.5 Å². The summed E-state index contributed by atoms with van der Waals surface area (Å²) in [4.78, 5) is 31.7. The van der Waals surface area contributed by atoms with Crippen molar-refractivity contribution in [2.75, 3.05) is 0 Å². The first-order valence-electron chi connectivity index (χ1n) is 8.46. The van der Waals surface area contributed by atoms with Crippen molar-refractivity contribution < 1.29 is 14.3 Å². The number of carboxylic acids is 1. The molecule has 3 heterocycles. The number of hydrogen-bond acceptors (Lipinski definition) is 6. The minimum atomic E-state index is -1.11. The van der Waals surface area contributed by atoms with E-state index in [0.29, 0.717) is 26.9 Å². The van der Waals surface area contributed by atoms with E-state index >= 15 is 0 Å². The molecule has 8 heteroatoms. The summed E-state index contributed by atoms with van der Waals surface area (Å²) >= 11 is 2.73. The maximum Gasteiger partial charge on any atom is 0.371 e. The number of aryl methyl sites for hydroxylation is 2. The molecule has 0 atom stereocenters. The Labute approximate surface area is 168 Å². The molecule has 0 unspecified atom stereocenters. The van der Waals surface area contributed by atoms with Gasteiger partial charge in [-0.1, -0.05) is 35.5 Å². The first kappa shape index (κ1) is 18.5. The molecular formula is C20H16N2O4S2. The number of fused-ring (bicyclic) bond motifs is 1. The van der Waals surface area contributed by atoms with Crippen molar-refractivity contribution in [1.29, 1.82) is 0 Å². The molecule has 3 aromatic heterocycles. The highest BCUT2D eigenvalue weighted by molar-refractivity contribution is 7.98. The standard InChI is InChI=1S/C20H16N2O4S2/c1-10-3-5-13(11(2)7-10)14-9-27-18-16(14)17(23)21-20(22-18)28-8-12-4-6-15(26-12)19(24)25/h3-7,9H,8H2,1-2H3,(H,24,25)(H,21,22,23). The lowest BCUT2D eigenvalue weighted by Gasteiger charge is -2.06. The Bertz CT molecular complexity index is 1250. The third-order valence-electron chi connectivity index (χ3n) is 4.32. The highest BCUT2D eigenvalue weighted by Crippen LogP contribution is 2.34. The van der Waals surface area contributed by atoms with E-state index in [4.69, 9.17) is 9.52 Å². The molecule has 142 valence electrons. The second-order valence-electron chi connectivity index (χ2n) is 6.38. The number of carboxylic acid groups (broad SMARTS) is 1. The van der Waals surface area contributed by atoms with Crippen LogP contribution in [0.1, 0.15) is 27.4 Å². The lowest BCUT2D eigenvalue weighted by molar-refractivity contribution is 0.0661. The van der Waals surface area contributed by atoms with Crippen molar-refractivity contribution in [2.45, 2.75) is 24.8 Å². The third-order valence-corrected chi connectivity index (χ3v) is 6.09. The largest absolute Gasteiger partial charge is 0.475 e. The summed E-state index contributed by atoms with van der Waals surface area (Å²) in [7, 11) is 0. The molecule has 0 saturated heterocycles. The van der Waals surface area contributed by atoms with Crippen molar-refractivity contribution in [3.63, 3.8) is 0 Å². The molecule has 0 aliphatic carbocycles. The Balaban J connectivity index is 1.64. The van der Waals surface area contributed by atoms with Crippen LogP contribution in [0.3, 0.4) is 0 Å². The van der Waals surface area contributed by atoms with E-state index in [1.807, 2.05) is 31.4 Å². The zero-order chi connectivity index (χ0) is 19.8. The quantitative estimate of drug-likeness (QED) is 0.359. The van der Waals surface area contributed by atoms with Crippen LogP contribution in [-0.4, -0.2) is 21.0 Å². The first-order valence-corrected chi connectivity index (χ1v) is 10.3. The Morgan fingerprint density at radius 2 is 2.07 bits per heavy atom. The van der Waals surface area contributed by atoms with Crippen molar-refractivity contribution in [3.05, 3.63) is 68.7 Å². The zero-order valence-corrected chi connectivity index (χ0v) is 16.7. The molecule has 6 nitrogen and oxygen atoms in total. The van der Waals surface area contributed by atoms with Gasteiger partial charge in [0.15, 0.2) is 5.16 Å². The van der Waals surface area contributed by atoms with Gasteiger partial charge in [0.1, 0.15) is 10.6 Å². The van der Waals surface area contributed by atoms with Crippen molar-refractivity contribution in [1.82, 2.24) is 9.97 Å². The van der Waals surface area contributed by atoms with E-state index in [-0.39, 0.29) is 11.3 Å². The van der Waals surface area contributed by atoms with Crippen molar-refractivity contribution >= 4 is 39.3 Å². The molecule has 0 bridgehead atoms. The van der Waals surface area contributed by atoms with Crippen LogP contribution in [0.15, 0.2) is 50.1 Å². The van der Waals surface area contributed by atoms with Gasteiger partial charge in [0.2, 0.25) is 5.76 Å². The summed E-state index contributed by atoms with van der Waals surface area (Å²) in [5, 5.41) is 11.9. The maximum absolute atomic E-state index is 12.7. The molecule has 0 saturated carbocycles. The number of aromatic nitrogens is 2. The number of nitrogens with one attached hydrogen (secondary N) is 1. The number of aromatic amines is 1. The van der Waals surface area contributed by atoms with E-state index in [9.17, 15) is 9.59 Å². The molecule has 0 spiro atoms. The predicted molar refractivity (Wildman–Crippen MR) is 110 cm³/mol. The van der Waals surface area contributed by atoms with Crippen LogP contribution in [0, 0.1) is 13.8 Å². The summed E-state index contributed by atoms with van der Waals surface area (Å²) in [5.41, 5.74) is 4.02. The lowest BCUT2D eigenvalue weighted by atomic mass is 9.99. The minimum Gasteiger partial charge on any atom is -0.475 e. The number of thiophene rings is 1. The molecule has 28 heavy (non-hydrogen) atoms. The van der Waals surface area contributed by atoms with Gasteiger partial charge in [-0.05, 0) is 37.1 Å². The average Bonchev–Trinajstić information content (AvgIpc) is 3.27. The van der Waals surface area contributed by atoms with Gasteiger partial charge in [-0.15, -0.1) is 11.3 Å². The summed E-state index contributed by atoms with van der Waals surface area (Å²) in [6.45, 7) is 4.07. The maximum atomic E-state index is 12.7. The van der Waals surface area contributed by atoms with Gasteiger partial charge in [-0.2, -0.15) is 0 Å². The first-order chi connectivity index (χ1) is 13.4. The topological polar surface area (TPSA) is 96.2 Å². The molecular weight excluding hydrogens is 396 g/mol. The molecule has 0 aliphatic rings. The molecule has 4 rings (SSSR count). The van der Waals surface area contributed by atoms with Crippen molar-refractivity contribution in [3.8, 4) is 11.1 Å². The van der Waals surface area contributed by atoms with Crippen LogP contribution in [0.2, 0.25) is 0 Å². The highest BCUT2D eigenvalue weighted by atomic mass is 32.2. The Morgan fingerprint density at radius 1 is 1.25 bits per heavy atom. The Hall–Kier alpha value is -2.84. The van der Waals surface area contributed by atoms with Gasteiger partial charge in [0, 0.05) is 10.9 Å². The van der Waals surface area contributed by atoms with Crippen LogP contribution in [0.5, 0.6) is 0 Å². The summed E-state index contributed by atoms with van der Waals surface area (Å²) < 4.78 is 5.23. The fourth-order valence-corrected chi connectivity index (χ4v) is 4.77. The molecule has 0 radical (unpaired) electrons. The van der Waals surface area contributed by atoms with Gasteiger partial charge in [0.25, 0.3) is 5.56 Å². The van der Waals surface area contributed by atoms with E-state index in [1.54, 1.807) is 6.07 Å². The van der Waals surface area contributed by atoms with Gasteiger partial charge >= 0.3 is 5.97 Å². The Morgan fingerprint density at radius 3 is 2.79 bits per heavy atom. The smallest absolute Gasteiger partial charge is 0.371 e. The lowest BCUT2D eigenvalue weighted by Crippen LogP contribution is -2.08. The van der Waals surface area contributed by atoms with Crippen LogP contribution in [-0.2, 0) is 5.75 Å². The zero-order valence-electron chi connectivity index (χ0n) is 15.1. The fraction of sp³-hybridized carbons (Fsp3) is 0.150. The molecule has 1 aromatic carbocycles. The molecule has 2 N–H and O–H groups in total. The predicted octanol–water partition coefficient (Wildman–Crippen LogP) is 4.85. The molecule has 0 aliphatic heterocycles. The van der Waals surface area contributed by atoms with Crippen LogP contribution in [0.4, 0.5) is 0 Å². The highest BCUT2D eigenvalue weighted by Gasteiger charge is 2.15. The summed E-state index contributed by atoms with van der Waals surface area (Å²) in [6.07, 6.45) is 0. The number of hydrogen-bond donors (Lipinski definition) is 2. The third kappa shape index (κ3) is 3.48. The van der Waals surface area contributed by atoms with Gasteiger partial charge in [0.05, 0.1) is 11.1 Å². The number of thioether (sulfide) groups is 1. The molecule has 0 fully saturated rings. The van der Waals surface area contributed by atoms with Gasteiger partial charge in [-0.3, -0.25) is 4.79 Å². The monoisotopic (exact) mass is 412 g/mol. The SMILES string of the molecule is Cc1ccc(-c2csc3nc(SCc4ccc(C(=O)O)o4)[nH]c(=O)c23)c(C)c1. The second-order valence-corrected chi connectivity index (χ2v) is 8.20. The van der Waals surface area contributed by atoms with Crippen LogP contribution >= 0.6 is 23.1 Å². The average molecular weight is 412 g/mol. The minimum absolute atomic E-state index is 0.108. The molecule has 4 aromatic rings. The van der Waals surface area contributed by atoms with Crippen LogP contribution in [0.25, 0.3) is 21.3 Å². The molecule has 0 amide bonds. The number of rotatable bonds is 5. The normalized spacial score (nSPS) is 11.2.